The van der Waals surface area contributed by atoms with Crippen LogP contribution in [0, 0.1) is 0 Å². The van der Waals surface area contributed by atoms with E-state index in [0.29, 0.717) is 11.1 Å². The van der Waals surface area contributed by atoms with Crippen LogP contribution in [-0.4, -0.2) is 8.80 Å². The Morgan fingerprint density at radius 3 is 1.55 bits per heavy atom. The van der Waals surface area contributed by atoms with Crippen molar-refractivity contribution >= 4 is 20.9 Å². The molecule has 0 spiro atoms. The molecule has 2 aromatic rings. The van der Waals surface area contributed by atoms with E-state index in [9.17, 15) is 0 Å². The first-order valence-corrected chi connectivity index (χ1v) is 10.2. The molecule has 0 nitrogen and oxygen atoms in total. The largest absolute Gasteiger partial charge is 0.0717 e. The van der Waals surface area contributed by atoms with E-state index in [1.165, 1.54) is 11.1 Å². The van der Waals surface area contributed by atoms with Gasteiger partial charge in [0.15, 0.2) is 0 Å². The third-order valence-corrected chi connectivity index (χ3v) is 8.56. The molecule has 0 bridgehead atoms. The van der Waals surface area contributed by atoms with Crippen LogP contribution < -0.4 is 0 Å². The van der Waals surface area contributed by atoms with Gasteiger partial charge in [-0.05, 0) is 47.2 Å². The van der Waals surface area contributed by atoms with Gasteiger partial charge in [-0.1, -0.05) is 78.4 Å². The second-order valence-electron chi connectivity index (χ2n) is 6.64. The van der Waals surface area contributed by atoms with Crippen LogP contribution in [0.2, 0.25) is 6.55 Å². The fourth-order valence-corrected chi connectivity index (χ4v) is 7.78. The van der Waals surface area contributed by atoms with Crippen molar-refractivity contribution in [1.29, 1.82) is 0 Å². The van der Waals surface area contributed by atoms with E-state index >= 15 is 0 Å². The van der Waals surface area contributed by atoms with Crippen LogP contribution in [0.3, 0.4) is 0 Å². The van der Waals surface area contributed by atoms with E-state index < -0.39 is 8.80 Å². The van der Waals surface area contributed by atoms with Gasteiger partial charge in [0.05, 0.1) is 8.80 Å². The lowest BCUT2D eigenvalue weighted by atomic mass is 10.1. The lowest BCUT2D eigenvalue weighted by Gasteiger charge is -2.28. The zero-order valence-corrected chi connectivity index (χ0v) is 14.4. The highest BCUT2D eigenvalue weighted by atomic mass is 28.3. The Balaban J connectivity index is 1.76. The van der Waals surface area contributed by atoms with E-state index in [-0.39, 0.29) is 0 Å². The predicted molar refractivity (Wildman–Crippen MR) is 97.3 cm³/mol. The molecule has 0 N–H and O–H groups in total. The summed E-state index contributed by atoms with van der Waals surface area (Å²) < 4.78 is 0. The van der Waals surface area contributed by atoms with Crippen LogP contribution in [-0.2, 0) is 0 Å². The van der Waals surface area contributed by atoms with Gasteiger partial charge < -0.3 is 0 Å². The van der Waals surface area contributed by atoms with Crippen LogP contribution >= 0.6 is 0 Å². The molecule has 0 aliphatic heterocycles. The van der Waals surface area contributed by atoms with Crippen molar-refractivity contribution in [2.75, 3.05) is 0 Å². The van der Waals surface area contributed by atoms with Crippen molar-refractivity contribution < 1.29 is 0 Å². The highest BCUT2D eigenvalue weighted by molar-refractivity contribution is 6.63. The molecule has 0 heterocycles. The molecule has 0 saturated carbocycles. The molecule has 2 aromatic carbocycles. The number of rotatable bonds is 2. The molecule has 0 amide bonds. The van der Waals surface area contributed by atoms with Gasteiger partial charge in [0.25, 0.3) is 0 Å². The van der Waals surface area contributed by atoms with Crippen molar-refractivity contribution in [2.24, 2.45) is 0 Å². The van der Waals surface area contributed by atoms with E-state index in [4.69, 9.17) is 0 Å². The Labute approximate surface area is 134 Å². The van der Waals surface area contributed by atoms with Gasteiger partial charge in [-0.25, -0.2) is 0 Å². The van der Waals surface area contributed by atoms with Gasteiger partial charge in [0.2, 0.25) is 0 Å². The third kappa shape index (κ3) is 1.96. The van der Waals surface area contributed by atoms with Crippen molar-refractivity contribution in [2.45, 2.75) is 31.5 Å². The number of allylic oxidation sites excluding steroid dienone is 2. The molecule has 2 aliphatic carbocycles. The summed E-state index contributed by atoms with van der Waals surface area (Å²) in [5, 5.41) is 0. The maximum absolute atomic E-state index is 2.53. The lowest BCUT2D eigenvalue weighted by Crippen LogP contribution is -2.28. The summed E-state index contributed by atoms with van der Waals surface area (Å²) in [7, 11) is -0.602. The summed E-state index contributed by atoms with van der Waals surface area (Å²) in [4.78, 5) is 0. The van der Waals surface area contributed by atoms with Crippen molar-refractivity contribution in [3.05, 3.63) is 81.9 Å². The number of fused-ring (bicyclic) bond motifs is 2. The molecule has 2 aliphatic rings. The average molecular weight is 301 g/mol. The topological polar surface area (TPSA) is 0 Å². The van der Waals surface area contributed by atoms with Crippen molar-refractivity contribution in [1.82, 2.24) is 0 Å². The molecule has 22 heavy (non-hydrogen) atoms. The molecule has 2 unspecified atom stereocenters. The van der Waals surface area contributed by atoms with Crippen LogP contribution in [0.1, 0.15) is 47.2 Å². The predicted octanol–water partition coefficient (Wildman–Crippen LogP) is 5.59. The number of hydrogen-bond acceptors (Lipinski definition) is 0. The maximum atomic E-state index is 2.53. The highest BCUT2D eigenvalue weighted by Gasteiger charge is 2.37. The quantitative estimate of drug-likeness (QED) is 0.634. The van der Waals surface area contributed by atoms with E-state index in [1.807, 2.05) is 0 Å². The van der Waals surface area contributed by atoms with Crippen LogP contribution in [0.15, 0.2) is 59.7 Å². The summed E-state index contributed by atoms with van der Waals surface area (Å²) in [6, 6.07) is 17.9. The van der Waals surface area contributed by atoms with E-state index in [0.717, 1.165) is 0 Å². The molecule has 109 valence electrons. The Morgan fingerprint density at radius 2 is 1.09 bits per heavy atom. The Hall–Kier alpha value is -1.86. The van der Waals surface area contributed by atoms with Gasteiger partial charge in [-0.15, -0.1) is 0 Å². The zero-order valence-electron chi connectivity index (χ0n) is 13.4. The van der Waals surface area contributed by atoms with Crippen LogP contribution in [0.25, 0.3) is 12.2 Å². The monoisotopic (exact) mass is 301 g/mol. The Morgan fingerprint density at radius 1 is 0.682 bits per heavy atom. The van der Waals surface area contributed by atoms with Gasteiger partial charge in [0.1, 0.15) is 0 Å². The molecular formula is C21H21Si. The second kappa shape index (κ2) is 5.10. The normalized spacial score (nSPS) is 22.4. The molecule has 2 atom stereocenters. The fraction of sp³-hybridized carbons (Fsp3) is 0.238. The van der Waals surface area contributed by atoms with Gasteiger partial charge >= 0.3 is 0 Å². The smallest absolute Gasteiger partial charge is 0.0695 e. The zero-order chi connectivity index (χ0) is 15.3. The van der Waals surface area contributed by atoms with Crippen LogP contribution in [0.5, 0.6) is 0 Å². The summed E-state index contributed by atoms with van der Waals surface area (Å²) in [5.74, 6) is 0. The number of benzene rings is 2. The second-order valence-corrected chi connectivity index (χ2v) is 9.29. The Kier molecular flexibility index (Phi) is 3.19. The van der Waals surface area contributed by atoms with Gasteiger partial charge in [-0.3, -0.25) is 0 Å². The molecule has 0 fully saturated rings. The standard InChI is InChI=1S/C21H21Si/c1-14-12-16-8-4-6-10-18(16)20(14)22(3)21-15(2)13-17-9-5-7-11-19(17)21/h4-13,20-21H,1-3H3. The fourth-order valence-electron chi connectivity index (χ4n) is 4.33. The first-order valence-electron chi connectivity index (χ1n) is 8.04. The van der Waals surface area contributed by atoms with Crippen LogP contribution in [0.4, 0.5) is 0 Å². The first kappa shape index (κ1) is 13.8. The molecule has 4 rings (SSSR count). The average Bonchev–Trinajstić information content (AvgIpc) is 3.01. The summed E-state index contributed by atoms with van der Waals surface area (Å²) in [5.41, 5.74) is 10.3. The minimum absolute atomic E-state index is 0.602. The number of hydrogen-bond donors (Lipinski definition) is 0. The van der Waals surface area contributed by atoms with Crippen molar-refractivity contribution in [3.63, 3.8) is 0 Å². The highest BCUT2D eigenvalue weighted by Crippen LogP contribution is 2.46. The SMILES string of the molecule is CC1=Cc2ccccc2C1[Si](C)C1C(C)=Cc2ccccc21. The maximum Gasteiger partial charge on any atom is 0.0717 e. The molecule has 0 saturated heterocycles. The molecular weight excluding hydrogens is 280 g/mol. The third-order valence-electron chi connectivity index (χ3n) is 5.20. The summed E-state index contributed by atoms with van der Waals surface area (Å²) in [6.07, 6.45) is 4.79. The van der Waals surface area contributed by atoms with Crippen molar-refractivity contribution in [3.8, 4) is 0 Å². The Bertz CT molecular complexity index is 730. The molecule has 1 radical (unpaired) electrons. The molecule has 0 aromatic heterocycles. The van der Waals surface area contributed by atoms with Gasteiger partial charge in [0, 0.05) is 0 Å². The van der Waals surface area contributed by atoms with Gasteiger partial charge in [-0.2, -0.15) is 0 Å². The minimum Gasteiger partial charge on any atom is -0.0695 e. The van der Waals surface area contributed by atoms with E-state index in [2.05, 4.69) is 81.1 Å². The molecule has 1 heteroatoms. The minimum atomic E-state index is -0.602. The summed E-state index contributed by atoms with van der Waals surface area (Å²) >= 11 is 0. The summed E-state index contributed by atoms with van der Waals surface area (Å²) in [6.45, 7) is 7.16. The van der Waals surface area contributed by atoms with E-state index in [1.54, 1.807) is 22.3 Å². The first-order chi connectivity index (χ1) is 10.7. The lowest BCUT2D eigenvalue weighted by molar-refractivity contribution is 1.01.